The maximum absolute atomic E-state index is 11.3. The van der Waals surface area contributed by atoms with E-state index in [0.717, 1.165) is 47.6 Å². The Morgan fingerprint density at radius 2 is 1.87 bits per heavy atom. The van der Waals surface area contributed by atoms with Gasteiger partial charge in [-0.25, -0.2) is 9.97 Å². The number of ether oxygens (including phenoxy) is 1. The summed E-state index contributed by atoms with van der Waals surface area (Å²) >= 11 is 1.51. The third-order valence-electron chi connectivity index (χ3n) is 4.51. The summed E-state index contributed by atoms with van der Waals surface area (Å²) in [6, 6.07) is 17.8. The van der Waals surface area contributed by atoms with Crippen LogP contribution in [0.2, 0.25) is 0 Å². The number of benzene rings is 2. The molecule has 1 aliphatic rings. The van der Waals surface area contributed by atoms with Crippen molar-refractivity contribution in [3.8, 4) is 0 Å². The Kier molecular flexibility index (Phi) is 6.46. The van der Waals surface area contributed by atoms with Gasteiger partial charge in [-0.2, -0.15) is 0 Å². The number of nitrogens with zero attached hydrogens (tertiary/aromatic N) is 3. The normalized spacial score (nSPS) is 13.7. The van der Waals surface area contributed by atoms with Crippen LogP contribution < -0.4 is 15.5 Å². The number of aromatic nitrogens is 2. The molecule has 0 saturated carbocycles. The summed E-state index contributed by atoms with van der Waals surface area (Å²) in [5, 5.41) is 6.87. The lowest BCUT2D eigenvalue weighted by molar-refractivity contribution is -0.114. The average Bonchev–Trinajstić information content (AvgIpc) is 2.75. The van der Waals surface area contributed by atoms with Crippen molar-refractivity contribution in [2.75, 3.05) is 41.8 Å². The van der Waals surface area contributed by atoms with E-state index in [-0.39, 0.29) is 5.91 Å². The molecule has 2 aromatic carbocycles. The molecule has 0 aliphatic carbocycles. The molecule has 4 rings (SSSR count). The van der Waals surface area contributed by atoms with Crippen LogP contribution in [0.5, 0.6) is 0 Å². The maximum atomic E-state index is 11.3. The van der Waals surface area contributed by atoms with Crippen molar-refractivity contribution in [3.63, 3.8) is 0 Å². The summed E-state index contributed by atoms with van der Waals surface area (Å²) in [5.41, 5.74) is 2.88. The monoisotopic (exact) mass is 421 g/mol. The van der Waals surface area contributed by atoms with Crippen LogP contribution in [0.3, 0.4) is 0 Å². The molecule has 3 aromatic rings. The molecular weight excluding hydrogens is 398 g/mol. The number of carbonyl (C=O) groups excluding carboxylic acids is 1. The maximum Gasteiger partial charge on any atom is 0.228 e. The van der Waals surface area contributed by atoms with E-state index in [4.69, 9.17) is 4.74 Å². The van der Waals surface area contributed by atoms with Gasteiger partial charge < -0.3 is 20.3 Å². The highest BCUT2D eigenvalue weighted by Gasteiger charge is 2.11. The summed E-state index contributed by atoms with van der Waals surface area (Å²) in [5.74, 6) is 0.447. The molecule has 0 radical (unpaired) electrons. The van der Waals surface area contributed by atoms with E-state index in [1.165, 1.54) is 24.4 Å². The summed E-state index contributed by atoms with van der Waals surface area (Å²) < 4.78 is 5.41. The highest BCUT2D eigenvalue weighted by Crippen LogP contribution is 2.29. The van der Waals surface area contributed by atoms with Gasteiger partial charge in [0.25, 0.3) is 0 Å². The van der Waals surface area contributed by atoms with Crippen LogP contribution in [-0.4, -0.2) is 42.2 Å². The van der Waals surface area contributed by atoms with Crippen LogP contribution in [0.1, 0.15) is 6.92 Å². The number of hydrogen-bond donors (Lipinski definition) is 2. The number of nitrogens with one attached hydrogen (secondary N) is 2. The Labute approximate surface area is 179 Å². The lowest BCUT2D eigenvalue weighted by atomic mass is 10.2. The number of amides is 1. The molecule has 1 aromatic heterocycles. The van der Waals surface area contributed by atoms with Crippen molar-refractivity contribution < 1.29 is 9.53 Å². The quantitative estimate of drug-likeness (QED) is 0.579. The highest BCUT2D eigenvalue weighted by atomic mass is 32.2. The van der Waals surface area contributed by atoms with Crippen molar-refractivity contribution in [2.45, 2.75) is 16.8 Å². The van der Waals surface area contributed by atoms with Gasteiger partial charge in [0.15, 0.2) is 0 Å². The average molecular weight is 422 g/mol. The summed E-state index contributed by atoms with van der Waals surface area (Å²) in [4.78, 5) is 23.5. The van der Waals surface area contributed by atoms with E-state index in [0.29, 0.717) is 5.95 Å². The summed E-state index contributed by atoms with van der Waals surface area (Å²) in [6.45, 7) is 4.87. The van der Waals surface area contributed by atoms with Crippen molar-refractivity contribution >= 4 is 40.7 Å². The fourth-order valence-corrected chi connectivity index (χ4v) is 3.96. The van der Waals surface area contributed by atoms with E-state index in [1.54, 1.807) is 6.20 Å². The zero-order valence-corrected chi connectivity index (χ0v) is 17.5. The second-order valence-electron chi connectivity index (χ2n) is 6.80. The molecule has 7 nitrogen and oxygen atoms in total. The van der Waals surface area contributed by atoms with Gasteiger partial charge in [-0.3, -0.25) is 4.79 Å². The second kappa shape index (κ2) is 9.60. The molecule has 0 spiro atoms. The Balaban J connectivity index is 1.41. The minimum Gasteiger partial charge on any atom is -0.378 e. The largest absolute Gasteiger partial charge is 0.378 e. The zero-order valence-electron chi connectivity index (χ0n) is 16.7. The molecule has 2 N–H and O–H groups in total. The molecular formula is C22H23N5O2S. The standard InChI is InChI=1S/C22H23N5O2S/c1-16(28)24-18-3-2-4-20(15-18)30-21-9-10-23-22(26-21)25-17-5-7-19(8-6-17)27-11-13-29-14-12-27/h2-10,15H,11-14H2,1H3,(H,24,28)(H,23,25,26). The number of carbonyl (C=O) groups is 1. The van der Waals surface area contributed by atoms with Crippen molar-refractivity contribution in [3.05, 3.63) is 60.8 Å². The van der Waals surface area contributed by atoms with Crippen molar-refractivity contribution in [1.29, 1.82) is 0 Å². The lowest BCUT2D eigenvalue weighted by Crippen LogP contribution is -2.36. The van der Waals surface area contributed by atoms with Crippen LogP contribution in [0, 0.1) is 0 Å². The van der Waals surface area contributed by atoms with E-state index in [2.05, 4.69) is 37.6 Å². The molecule has 1 saturated heterocycles. The van der Waals surface area contributed by atoms with Gasteiger partial charge in [0, 0.05) is 48.2 Å². The molecule has 0 atom stereocenters. The van der Waals surface area contributed by atoms with Crippen LogP contribution >= 0.6 is 11.8 Å². The molecule has 0 bridgehead atoms. The predicted octanol–water partition coefficient (Wildman–Crippen LogP) is 4.17. The smallest absolute Gasteiger partial charge is 0.228 e. The molecule has 1 aliphatic heterocycles. The first-order chi connectivity index (χ1) is 14.7. The lowest BCUT2D eigenvalue weighted by Gasteiger charge is -2.28. The van der Waals surface area contributed by atoms with Gasteiger partial charge in [-0.05, 0) is 48.5 Å². The van der Waals surface area contributed by atoms with Gasteiger partial charge in [-0.15, -0.1) is 0 Å². The number of rotatable bonds is 6. The van der Waals surface area contributed by atoms with Gasteiger partial charge in [0.1, 0.15) is 5.03 Å². The topological polar surface area (TPSA) is 79.4 Å². The third kappa shape index (κ3) is 5.49. The van der Waals surface area contributed by atoms with Gasteiger partial charge >= 0.3 is 0 Å². The summed E-state index contributed by atoms with van der Waals surface area (Å²) in [6.07, 6.45) is 1.73. The van der Waals surface area contributed by atoms with E-state index in [1.807, 2.05) is 42.5 Å². The van der Waals surface area contributed by atoms with Crippen LogP contribution in [-0.2, 0) is 9.53 Å². The highest BCUT2D eigenvalue weighted by molar-refractivity contribution is 7.99. The number of morpholine rings is 1. The first-order valence-electron chi connectivity index (χ1n) is 9.74. The number of hydrogen-bond acceptors (Lipinski definition) is 7. The van der Waals surface area contributed by atoms with Crippen molar-refractivity contribution in [2.24, 2.45) is 0 Å². The Bertz CT molecular complexity index is 1010. The van der Waals surface area contributed by atoms with E-state index >= 15 is 0 Å². The molecule has 8 heteroatoms. The minimum absolute atomic E-state index is 0.0923. The zero-order chi connectivity index (χ0) is 20.8. The minimum atomic E-state index is -0.0923. The van der Waals surface area contributed by atoms with Gasteiger partial charge in [-0.1, -0.05) is 17.8 Å². The molecule has 0 unspecified atom stereocenters. The van der Waals surface area contributed by atoms with Gasteiger partial charge in [0.2, 0.25) is 11.9 Å². The fourth-order valence-electron chi connectivity index (χ4n) is 3.13. The number of anilines is 4. The SMILES string of the molecule is CC(=O)Nc1cccc(Sc2ccnc(Nc3ccc(N4CCOCC4)cc3)n2)c1. The molecule has 1 fully saturated rings. The van der Waals surface area contributed by atoms with Crippen LogP contribution in [0.25, 0.3) is 0 Å². The Morgan fingerprint density at radius 3 is 2.63 bits per heavy atom. The Hall–Kier alpha value is -3.10. The van der Waals surface area contributed by atoms with Gasteiger partial charge in [0.05, 0.1) is 13.2 Å². The van der Waals surface area contributed by atoms with E-state index < -0.39 is 0 Å². The van der Waals surface area contributed by atoms with Crippen molar-refractivity contribution in [1.82, 2.24) is 9.97 Å². The predicted molar refractivity (Wildman–Crippen MR) is 120 cm³/mol. The Morgan fingerprint density at radius 1 is 1.07 bits per heavy atom. The molecule has 2 heterocycles. The first kappa shape index (κ1) is 20.2. The van der Waals surface area contributed by atoms with E-state index in [9.17, 15) is 4.79 Å². The second-order valence-corrected chi connectivity index (χ2v) is 7.89. The van der Waals surface area contributed by atoms with Crippen LogP contribution in [0.15, 0.2) is 70.7 Å². The van der Waals surface area contributed by atoms with Crippen LogP contribution in [0.4, 0.5) is 23.0 Å². The molecule has 30 heavy (non-hydrogen) atoms. The fraction of sp³-hybridized carbons (Fsp3) is 0.227. The third-order valence-corrected chi connectivity index (χ3v) is 5.43. The molecule has 154 valence electrons. The summed E-state index contributed by atoms with van der Waals surface area (Å²) in [7, 11) is 0. The molecule has 1 amide bonds. The first-order valence-corrected chi connectivity index (χ1v) is 10.6.